The van der Waals surface area contributed by atoms with Crippen LogP contribution in [0.15, 0.2) is 24.3 Å². The lowest BCUT2D eigenvalue weighted by atomic mass is 10.0. The van der Waals surface area contributed by atoms with Crippen LogP contribution in [0.4, 0.5) is 0 Å². The lowest BCUT2D eigenvalue weighted by Gasteiger charge is -2.09. The van der Waals surface area contributed by atoms with E-state index in [2.05, 4.69) is 6.07 Å². The number of unbranched alkanes of at least 4 members (excludes halogenated alkanes) is 5. The maximum absolute atomic E-state index is 9.38. The van der Waals surface area contributed by atoms with E-state index in [1.165, 1.54) is 44.1 Å². The van der Waals surface area contributed by atoms with Crippen LogP contribution < -0.4 is 0 Å². The van der Waals surface area contributed by atoms with Crippen LogP contribution in [0.1, 0.15) is 44.1 Å². The van der Waals surface area contributed by atoms with Crippen molar-refractivity contribution in [3.8, 4) is 5.75 Å². The van der Waals surface area contributed by atoms with Gasteiger partial charge in [0.1, 0.15) is 5.75 Å². The molecule has 3 heteroatoms. The highest BCUT2D eigenvalue weighted by Gasteiger charge is 1.96. The second-order valence-electron chi connectivity index (χ2n) is 5.66. The van der Waals surface area contributed by atoms with Gasteiger partial charge in [0.05, 0.1) is 6.73 Å². The molecule has 0 spiro atoms. The summed E-state index contributed by atoms with van der Waals surface area (Å²) in [5, 5.41) is 9.38. The zero-order chi connectivity index (χ0) is 14.6. The number of aryl methyl sites for hydroxylation is 1. The average Bonchev–Trinajstić information content (AvgIpc) is 2.40. The van der Waals surface area contributed by atoms with Crippen molar-refractivity contribution in [3.63, 3.8) is 0 Å². The summed E-state index contributed by atoms with van der Waals surface area (Å²) < 4.78 is 5.49. The number of aromatic hydroxyl groups is 1. The van der Waals surface area contributed by atoms with Crippen LogP contribution in [0.3, 0.4) is 0 Å². The first-order chi connectivity index (χ1) is 9.68. The molecule has 0 heterocycles. The fraction of sp³-hybridized carbons (Fsp3) is 0.647. The Morgan fingerprint density at radius 3 is 2.40 bits per heavy atom. The van der Waals surface area contributed by atoms with Crippen molar-refractivity contribution in [1.29, 1.82) is 0 Å². The van der Waals surface area contributed by atoms with Crippen LogP contribution in [0, 0.1) is 0 Å². The molecule has 114 valence electrons. The molecule has 0 aliphatic heterocycles. The summed E-state index contributed by atoms with van der Waals surface area (Å²) in [6.07, 6.45) is 8.58. The SMILES string of the molecule is CN(C)COCCCCCCCCc1cccc(O)c1. The van der Waals surface area contributed by atoms with Crippen molar-refractivity contribution < 1.29 is 9.84 Å². The highest BCUT2D eigenvalue weighted by atomic mass is 16.5. The number of nitrogens with zero attached hydrogens (tertiary/aromatic N) is 1. The lowest BCUT2D eigenvalue weighted by Crippen LogP contribution is -2.16. The molecule has 3 nitrogen and oxygen atoms in total. The molecule has 0 bridgehead atoms. The van der Waals surface area contributed by atoms with Gasteiger partial charge in [-0.05, 0) is 51.1 Å². The van der Waals surface area contributed by atoms with Gasteiger partial charge in [-0.1, -0.05) is 37.8 Å². The molecule has 0 aliphatic rings. The van der Waals surface area contributed by atoms with Crippen molar-refractivity contribution in [2.75, 3.05) is 27.4 Å². The third-order valence-electron chi connectivity index (χ3n) is 3.26. The van der Waals surface area contributed by atoms with Gasteiger partial charge >= 0.3 is 0 Å². The number of hydrogen-bond acceptors (Lipinski definition) is 3. The predicted molar refractivity (Wildman–Crippen MR) is 84.0 cm³/mol. The average molecular weight is 279 g/mol. The largest absolute Gasteiger partial charge is 0.508 e. The zero-order valence-corrected chi connectivity index (χ0v) is 13.0. The van der Waals surface area contributed by atoms with Crippen LogP contribution in [-0.4, -0.2) is 37.4 Å². The number of benzene rings is 1. The summed E-state index contributed by atoms with van der Waals surface area (Å²) in [7, 11) is 4.04. The molecule has 20 heavy (non-hydrogen) atoms. The Hall–Kier alpha value is -1.06. The molecular weight excluding hydrogens is 250 g/mol. The van der Waals surface area contributed by atoms with Gasteiger partial charge in [-0.15, -0.1) is 0 Å². The molecule has 0 unspecified atom stereocenters. The smallest absolute Gasteiger partial charge is 0.115 e. The maximum Gasteiger partial charge on any atom is 0.115 e. The van der Waals surface area contributed by atoms with E-state index in [1.54, 1.807) is 6.07 Å². The van der Waals surface area contributed by atoms with Crippen molar-refractivity contribution in [2.24, 2.45) is 0 Å². The number of rotatable bonds is 11. The van der Waals surface area contributed by atoms with Gasteiger partial charge in [-0.2, -0.15) is 0 Å². The van der Waals surface area contributed by atoms with E-state index in [9.17, 15) is 5.11 Å². The quantitative estimate of drug-likeness (QED) is 0.494. The Bertz CT molecular complexity index is 353. The normalized spacial score (nSPS) is 11.2. The standard InChI is InChI=1S/C17H29NO2/c1-18(2)15-20-13-8-6-4-3-5-7-10-16-11-9-12-17(19)14-16/h9,11-12,14,19H,3-8,10,13,15H2,1-2H3. The Kier molecular flexibility index (Phi) is 9.09. The van der Waals surface area contributed by atoms with Crippen molar-refractivity contribution in [2.45, 2.75) is 44.9 Å². The predicted octanol–water partition coefficient (Wildman–Crippen LogP) is 3.81. The minimum absolute atomic E-state index is 0.375. The molecule has 1 N–H and O–H groups in total. The molecule has 0 saturated heterocycles. The summed E-state index contributed by atoms with van der Waals surface area (Å²) in [5.41, 5.74) is 1.24. The van der Waals surface area contributed by atoms with Crippen LogP contribution >= 0.6 is 0 Å². The summed E-state index contributed by atoms with van der Waals surface area (Å²) >= 11 is 0. The zero-order valence-electron chi connectivity index (χ0n) is 13.0. The first kappa shape index (κ1) is 17.0. The van der Waals surface area contributed by atoms with Gasteiger partial charge in [0.25, 0.3) is 0 Å². The maximum atomic E-state index is 9.38. The summed E-state index contributed by atoms with van der Waals surface area (Å²) in [6, 6.07) is 7.59. The Morgan fingerprint density at radius 1 is 1.00 bits per heavy atom. The molecule has 1 aromatic carbocycles. The monoisotopic (exact) mass is 279 g/mol. The van der Waals surface area contributed by atoms with Gasteiger partial charge in [0.15, 0.2) is 0 Å². The van der Waals surface area contributed by atoms with E-state index in [1.807, 2.05) is 31.1 Å². The molecular formula is C17H29NO2. The molecule has 0 radical (unpaired) electrons. The van der Waals surface area contributed by atoms with Gasteiger partial charge in [0.2, 0.25) is 0 Å². The second kappa shape index (κ2) is 10.7. The molecule has 0 aromatic heterocycles. The second-order valence-corrected chi connectivity index (χ2v) is 5.66. The number of phenols is 1. The first-order valence-electron chi connectivity index (χ1n) is 7.69. The van der Waals surface area contributed by atoms with Gasteiger partial charge in [-0.3, -0.25) is 4.90 Å². The highest BCUT2D eigenvalue weighted by Crippen LogP contribution is 2.14. The Morgan fingerprint density at radius 2 is 1.70 bits per heavy atom. The molecule has 1 aromatic rings. The molecule has 0 fully saturated rings. The summed E-state index contributed by atoms with van der Waals surface area (Å²) in [5.74, 6) is 0.375. The van der Waals surface area contributed by atoms with Crippen molar-refractivity contribution in [3.05, 3.63) is 29.8 Å². The van der Waals surface area contributed by atoms with Crippen LogP contribution in [0.25, 0.3) is 0 Å². The van der Waals surface area contributed by atoms with E-state index in [-0.39, 0.29) is 0 Å². The van der Waals surface area contributed by atoms with Crippen molar-refractivity contribution in [1.82, 2.24) is 4.90 Å². The van der Waals surface area contributed by atoms with Crippen molar-refractivity contribution >= 4 is 0 Å². The highest BCUT2D eigenvalue weighted by molar-refractivity contribution is 5.27. The number of phenolic OH excluding ortho intramolecular Hbond substituents is 1. The topological polar surface area (TPSA) is 32.7 Å². The van der Waals surface area contributed by atoms with E-state index in [4.69, 9.17) is 4.74 Å². The van der Waals surface area contributed by atoms with E-state index in [0.29, 0.717) is 5.75 Å². The Balaban J connectivity index is 1.88. The van der Waals surface area contributed by atoms with Gasteiger partial charge in [-0.25, -0.2) is 0 Å². The van der Waals surface area contributed by atoms with E-state index >= 15 is 0 Å². The summed E-state index contributed by atoms with van der Waals surface area (Å²) in [6.45, 7) is 1.60. The molecule has 1 rings (SSSR count). The molecule has 0 aliphatic carbocycles. The lowest BCUT2D eigenvalue weighted by molar-refractivity contribution is 0.0539. The van der Waals surface area contributed by atoms with Gasteiger partial charge < -0.3 is 9.84 Å². The fourth-order valence-corrected chi connectivity index (χ4v) is 2.20. The third-order valence-corrected chi connectivity index (χ3v) is 3.26. The number of ether oxygens (including phenoxy) is 1. The van der Waals surface area contributed by atoms with E-state index < -0.39 is 0 Å². The third kappa shape index (κ3) is 8.94. The van der Waals surface area contributed by atoms with Crippen LogP contribution in [-0.2, 0) is 11.2 Å². The van der Waals surface area contributed by atoms with E-state index in [0.717, 1.165) is 19.8 Å². The first-order valence-corrected chi connectivity index (χ1v) is 7.69. The molecule has 0 saturated carbocycles. The van der Waals surface area contributed by atoms with Crippen LogP contribution in [0.2, 0.25) is 0 Å². The van der Waals surface area contributed by atoms with Gasteiger partial charge in [0, 0.05) is 6.61 Å². The number of hydrogen-bond donors (Lipinski definition) is 1. The fourth-order valence-electron chi connectivity index (χ4n) is 2.20. The molecule has 0 atom stereocenters. The molecule has 0 amide bonds. The minimum atomic E-state index is 0.375. The summed E-state index contributed by atoms with van der Waals surface area (Å²) in [4.78, 5) is 2.04. The Labute approximate surface area is 123 Å². The van der Waals surface area contributed by atoms with Crippen LogP contribution in [0.5, 0.6) is 5.75 Å². The minimum Gasteiger partial charge on any atom is -0.508 e.